The Morgan fingerprint density at radius 1 is 0.912 bits per heavy atom. The number of hydrazone groups is 1. The molecule has 0 spiro atoms. The predicted octanol–water partition coefficient (Wildman–Crippen LogP) is 5.88. The highest BCUT2D eigenvalue weighted by Crippen LogP contribution is 2.30. The lowest BCUT2D eigenvalue weighted by atomic mass is 10.0. The molecule has 0 bridgehead atoms. The van der Waals surface area contributed by atoms with Gasteiger partial charge in [0.2, 0.25) is 0 Å². The van der Waals surface area contributed by atoms with E-state index in [0.717, 1.165) is 10.8 Å². The Morgan fingerprint density at radius 3 is 2.47 bits per heavy atom. The smallest absolute Gasteiger partial charge is 0.344 e. The SMILES string of the molecule is CCOc1cc(/C=N/NC(=O)c2ccccc2Cl)ccc1OC(=O)c1cccc2ccccc12. The van der Waals surface area contributed by atoms with E-state index in [1.165, 1.54) is 6.21 Å². The fourth-order valence-electron chi connectivity index (χ4n) is 3.39. The Hall–Kier alpha value is -4.16. The number of nitrogens with one attached hydrogen (secondary N) is 1. The van der Waals surface area contributed by atoms with Gasteiger partial charge in [-0.05, 0) is 59.7 Å². The van der Waals surface area contributed by atoms with Crippen LogP contribution in [0.5, 0.6) is 11.5 Å². The van der Waals surface area contributed by atoms with E-state index in [4.69, 9.17) is 21.1 Å². The van der Waals surface area contributed by atoms with Crippen LogP contribution in [0.3, 0.4) is 0 Å². The van der Waals surface area contributed by atoms with Crippen molar-refractivity contribution in [3.63, 3.8) is 0 Å². The normalized spacial score (nSPS) is 10.9. The van der Waals surface area contributed by atoms with Crippen LogP contribution in [-0.2, 0) is 0 Å². The molecule has 0 atom stereocenters. The largest absolute Gasteiger partial charge is 0.490 e. The van der Waals surface area contributed by atoms with Gasteiger partial charge in [-0.1, -0.05) is 60.1 Å². The van der Waals surface area contributed by atoms with Gasteiger partial charge < -0.3 is 9.47 Å². The maximum Gasteiger partial charge on any atom is 0.344 e. The summed E-state index contributed by atoms with van der Waals surface area (Å²) >= 11 is 6.04. The summed E-state index contributed by atoms with van der Waals surface area (Å²) in [5, 5.41) is 6.09. The maximum atomic E-state index is 12.9. The lowest BCUT2D eigenvalue weighted by molar-refractivity contribution is 0.0730. The number of nitrogens with zero attached hydrogens (tertiary/aromatic N) is 1. The zero-order valence-corrected chi connectivity index (χ0v) is 19.1. The molecule has 0 saturated heterocycles. The number of ether oxygens (including phenoxy) is 2. The van der Waals surface area contributed by atoms with Gasteiger partial charge in [-0.25, -0.2) is 10.2 Å². The quantitative estimate of drug-likeness (QED) is 0.158. The molecule has 4 aromatic rings. The van der Waals surface area contributed by atoms with Crippen molar-refractivity contribution in [3.05, 3.63) is 107 Å². The van der Waals surface area contributed by atoms with Crippen molar-refractivity contribution in [2.75, 3.05) is 6.61 Å². The summed E-state index contributed by atoms with van der Waals surface area (Å²) in [6, 6.07) is 24.8. The molecular weight excluding hydrogens is 452 g/mol. The van der Waals surface area contributed by atoms with Crippen molar-refractivity contribution in [2.24, 2.45) is 5.10 Å². The average molecular weight is 473 g/mol. The van der Waals surface area contributed by atoms with Crippen LogP contribution in [0.2, 0.25) is 5.02 Å². The predicted molar refractivity (Wildman–Crippen MR) is 133 cm³/mol. The molecule has 0 aliphatic heterocycles. The van der Waals surface area contributed by atoms with E-state index in [9.17, 15) is 9.59 Å². The fraction of sp³-hybridized carbons (Fsp3) is 0.0741. The van der Waals surface area contributed by atoms with Gasteiger partial charge in [0.25, 0.3) is 5.91 Å². The molecule has 0 fully saturated rings. The number of rotatable bonds is 7. The Labute approximate surface area is 201 Å². The lowest BCUT2D eigenvalue weighted by Gasteiger charge is -2.12. The van der Waals surface area contributed by atoms with Gasteiger partial charge in [0.1, 0.15) is 0 Å². The van der Waals surface area contributed by atoms with Crippen LogP contribution in [-0.4, -0.2) is 24.7 Å². The second kappa shape index (κ2) is 10.6. The Balaban J connectivity index is 1.51. The number of hydrogen-bond donors (Lipinski definition) is 1. The molecule has 0 unspecified atom stereocenters. The first-order valence-electron chi connectivity index (χ1n) is 10.6. The van der Waals surface area contributed by atoms with Crippen LogP contribution in [0.4, 0.5) is 0 Å². The van der Waals surface area contributed by atoms with Crippen LogP contribution in [0.15, 0.2) is 90.0 Å². The molecule has 170 valence electrons. The van der Waals surface area contributed by atoms with Gasteiger partial charge in [-0.15, -0.1) is 0 Å². The summed E-state index contributed by atoms with van der Waals surface area (Å²) in [5.74, 6) is -0.229. The van der Waals surface area contributed by atoms with Crippen molar-refractivity contribution in [3.8, 4) is 11.5 Å². The lowest BCUT2D eigenvalue weighted by Crippen LogP contribution is -2.18. The molecule has 7 heteroatoms. The first-order valence-corrected chi connectivity index (χ1v) is 11.0. The molecule has 1 amide bonds. The van der Waals surface area contributed by atoms with Crippen LogP contribution in [0.25, 0.3) is 10.8 Å². The summed E-state index contributed by atoms with van der Waals surface area (Å²) in [6.07, 6.45) is 1.47. The van der Waals surface area contributed by atoms with Gasteiger partial charge in [0.15, 0.2) is 11.5 Å². The van der Waals surface area contributed by atoms with Crippen molar-refractivity contribution in [2.45, 2.75) is 6.92 Å². The summed E-state index contributed by atoms with van der Waals surface area (Å²) in [7, 11) is 0. The minimum atomic E-state index is -0.480. The molecule has 1 N–H and O–H groups in total. The molecular formula is C27H21ClN2O4. The highest BCUT2D eigenvalue weighted by Gasteiger charge is 2.15. The van der Waals surface area contributed by atoms with E-state index in [1.54, 1.807) is 48.5 Å². The molecule has 0 saturated carbocycles. The van der Waals surface area contributed by atoms with Crippen molar-refractivity contribution < 1.29 is 19.1 Å². The Kier molecular flexibility index (Phi) is 7.20. The Morgan fingerprint density at radius 2 is 1.65 bits per heavy atom. The molecule has 0 radical (unpaired) electrons. The van der Waals surface area contributed by atoms with Crippen molar-refractivity contribution >= 4 is 40.5 Å². The third kappa shape index (κ3) is 5.24. The number of benzene rings is 4. The number of carbonyl (C=O) groups is 2. The van der Waals surface area contributed by atoms with Crippen molar-refractivity contribution in [1.82, 2.24) is 5.43 Å². The van der Waals surface area contributed by atoms with E-state index in [2.05, 4.69) is 10.5 Å². The maximum absolute atomic E-state index is 12.9. The molecule has 0 aliphatic carbocycles. The monoisotopic (exact) mass is 472 g/mol. The van der Waals surface area contributed by atoms with Crippen LogP contribution in [0, 0.1) is 0 Å². The fourth-order valence-corrected chi connectivity index (χ4v) is 3.61. The van der Waals surface area contributed by atoms with Gasteiger partial charge in [-0.2, -0.15) is 5.10 Å². The first-order chi connectivity index (χ1) is 16.6. The number of esters is 1. The van der Waals surface area contributed by atoms with E-state index in [1.807, 2.05) is 43.3 Å². The number of fused-ring (bicyclic) bond motifs is 1. The highest BCUT2D eigenvalue weighted by molar-refractivity contribution is 6.33. The zero-order chi connectivity index (χ0) is 23.9. The third-order valence-corrected chi connectivity index (χ3v) is 5.31. The highest BCUT2D eigenvalue weighted by atomic mass is 35.5. The van der Waals surface area contributed by atoms with Crippen molar-refractivity contribution in [1.29, 1.82) is 0 Å². The molecule has 34 heavy (non-hydrogen) atoms. The van der Waals surface area contributed by atoms with Crippen LogP contribution >= 0.6 is 11.6 Å². The Bertz CT molecular complexity index is 1380. The second-order valence-corrected chi connectivity index (χ2v) is 7.64. The third-order valence-electron chi connectivity index (χ3n) is 4.98. The molecule has 6 nitrogen and oxygen atoms in total. The van der Waals surface area contributed by atoms with Crippen LogP contribution in [0.1, 0.15) is 33.2 Å². The average Bonchev–Trinajstić information content (AvgIpc) is 2.85. The zero-order valence-electron chi connectivity index (χ0n) is 18.3. The summed E-state index contributed by atoms with van der Waals surface area (Å²) in [6.45, 7) is 2.21. The molecule has 0 aromatic heterocycles. The van der Waals surface area contributed by atoms with Gasteiger partial charge in [0, 0.05) is 0 Å². The summed E-state index contributed by atoms with van der Waals surface area (Å²) < 4.78 is 11.3. The summed E-state index contributed by atoms with van der Waals surface area (Å²) in [4.78, 5) is 25.2. The second-order valence-electron chi connectivity index (χ2n) is 7.23. The van der Waals surface area contributed by atoms with E-state index < -0.39 is 11.9 Å². The molecule has 4 aromatic carbocycles. The van der Waals surface area contributed by atoms with E-state index >= 15 is 0 Å². The van der Waals surface area contributed by atoms with Gasteiger partial charge >= 0.3 is 5.97 Å². The molecule has 0 aliphatic rings. The number of amides is 1. The van der Waals surface area contributed by atoms with E-state index in [-0.39, 0.29) is 5.75 Å². The minimum Gasteiger partial charge on any atom is -0.490 e. The standard InChI is InChI=1S/C27H21ClN2O4/c1-2-33-25-16-18(17-29-30-26(31)22-11-5-6-13-23(22)28)14-15-24(25)34-27(32)21-12-7-9-19-8-3-4-10-20(19)21/h3-17H,2H2,1H3,(H,30,31)/b29-17+. The topological polar surface area (TPSA) is 77.0 Å². The number of carbonyl (C=O) groups excluding carboxylic acids is 2. The molecule has 4 rings (SSSR count). The summed E-state index contributed by atoms with van der Waals surface area (Å²) in [5.41, 5.74) is 3.88. The van der Waals surface area contributed by atoms with Gasteiger partial charge in [0.05, 0.1) is 29.0 Å². The van der Waals surface area contributed by atoms with Gasteiger partial charge in [-0.3, -0.25) is 4.79 Å². The molecule has 0 heterocycles. The van der Waals surface area contributed by atoms with Crippen LogP contribution < -0.4 is 14.9 Å². The number of hydrogen-bond acceptors (Lipinski definition) is 5. The minimum absolute atomic E-state index is 0.289. The number of halogens is 1. The first kappa shape index (κ1) is 23.0. The van der Waals surface area contributed by atoms with E-state index in [0.29, 0.717) is 34.1 Å².